The zero-order chi connectivity index (χ0) is 20.3. The highest BCUT2D eigenvalue weighted by atomic mass is 19.1. The van der Waals surface area contributed by atoms with Crippen LogP contribution in [0.5, 0.6) is 0 Å². The van der Waals surface area contributed by atoms with E-state index in [0.717, 1.165) is 0 Å². The second-order valence-electron chi connectivity index (χ2n) is 6.13. The molecule has 0 unspecified atom stereocenters. The summed E-state index contributed by atoms with van der Waals surface area (Å²) >= 11 is 0. The van der Waals surface area contributed by atoms with E-state index in [-0.39, 0.29) is 23.6 Å². The second-order valence-corrected chi connectivity index (χ2v) is 6.13. The number of halogens is 1. The summed E-state index contributed by atoms with van der Waals surface area (Å²) in [6, 6.07) is 4.23. The lowest BCUT2D eigenvalue weighted by molar-refractivity contribution is -0.116. The molecule has 2 aromatic rings. The summed E-state index contributed by atoms with van der Waals surface area (Å²) in [6.45, 7) is 4.80. The first-order valence-corrected chi connectivity index (χ1v) is 8.18. The molecule has 0 aliphatic carbocycles. The number of aryl methyl sites for hydroxylation is 1. The Bertz CT molecular complexity index is 983. The van der Waals surface area contributed by atoms with E-state index >= 15 is 0 Å². The SMILES string of the molecule is C#CCNC(=O)C(=O)c1c(C)c(C(=O)Nc2ccc(F)c(C)c2)c(C)n1C. The summed E-state index contributed by atoms with van der Waals surface area (Å²) in [4.78, 5) is 37.1. The number of nitrogens with one attached hydrogen (secondary N) is 2. The predicted molar refractivity (Wildman–Crippen MR) is 100 cm³/mol. The lowest BCUT2D eigenvalue weighted by Crippen LogP contribution is -2.32. The molecular weight excluding hydrogens is 349 g/mol. The minimum absolute atomic E-state index is 0.0652. The molecule has 0 saturated carbocycles. The van der Waals surface area contributed by atoms with Crippen LogP contribution in [0.15, 0.2) is 18.2 Å². The summed E-state index contributed by atoms with van der Waals surface area (Å²) in [5, 5.41) is 5.01. The van der Waals surface area contributed by atoms with Crippen LogP contribution in [0.4, 0.5) is 10.1 Å². The number of anilines is 1. The Morgan fingerprint density at radius 3 is 2.48 bits per heavy atom. The minimum atomic E-state index is -0.835. The Kier molecular flexibility index (Phi) is 5.81. The number of Topliss-reactive ketones (excluding diaryl/α,β-unsaturated/α-hetero) is 1. The normalized spacial score (nSPS) is 10.2. The number of carbonyl (C=O) groups excluding carboxylic acids is 3. The zero-order valence-electron chi connectivity index (χ0n) is 15.6. The first-order chi connectivity index (χ1) is 12.7. The van der Waals surface area contributed by atoms with Crippen molar-refractivity contribution in [2.45, 2.75) is 20.8 Å². The Labute approximate surface area is 156 Å². The van der Waals surface area contributed by atoms with Crippen molar-refractivity contribution in [3.8, 4) is 12.3 Å². The Balaban J connectivity index is 2.36. The summed E-state index contributed by atoms with van der Waals surface area (Å²) in [6.07, 6.45) is 5.08. The molecule has 0 bridgehead atoms. The van der Waals surface area contributed by atoms with E-state index in [1.54, 1.807) is 27.8 Å². The highest BCUT2D eigenvalue weighted by Crippen LogP contribution is 2.23. The number of nitrogens with zero attached hydrogens (tertiary/aromatic N) is 1. The maximum atomic E-state index is 13.4. The van der Waals surface area contributed by atoms with Gasteiger partial charge in [-0.3, -0.25) is 14.4 Å². The summed E-state index contributed by atoms with van der Waals surface area (Å²) in [5.74, 6) is -0.204. The van der Waals surface area contributed by atoms with Crippen molar-refractivity contribution in [2.75, 3.05) is 11.9 Å². The molecule has 1 heterocycles. The van der Waals surface area contributed by atoms with Gasteiger partial charge < -0.3 is 15.2 Å². The van der Waals surface area contributed by atoms with Gasteiger partial charge in [0.1, 0.15) is 5.82 Å². The van der Waals surface area contributed by atoms with Crippen molar-refractivity contribution in [1.82, 2.24) is 9.88 Å². The standard InChI is InChI=1S/C20H20FN3O3/c1-6-9-22-20(27)18(25)17-12(3)16(13(4)24(17)5)19(26)23-14-7-8-15(21)11(2)10-14/h1,7-8,10H,9H2,2-5H3,(H,22,27)(H,23,26). The van der Waals surface area contributed by atoms with E-state index < -0.39 is 17.6 Å². The third kappa shape index (κ3) is 3.90. The van der Waals surface area contributed by atoms with Gasteiger partial charge >= 0.3 is 0 Å². The molecule has 27 heavy (non-hydrogen) atoms. The molecule has 7 heteroatoms. The number of hydrogen-bond donors (Lipinski definition) is 2. The van der Waals surface area contributed by atoms with Gasteiger partial charge in [0.15, 0.2) is 0 Å². The van der Waals surface area contributed by atoms with Crippen LogP contribution in [0.1, 0.15) is 37.7 Å². The van der Waals surface area contributed by atoms with Gasteiger partial charge in [-0.25, -0.2) is 4.39 Å². The third-order valence-electron chi connectivity index (χ3n) is 4.35. The van der Waals surface area contributed by atoms with Crippen molar-refractivity contribution in [3.05, 3.63) is 52.1 Å². The van der Waals surface area contributed by atoms with Gasteiger partial charge in [-0.15, -0.1) is 6.42 Å². The maximum Gasteiger partial charge on any atom is 0.294 e. The molecule has 0 spiro atoms. The van der Waals surface area contributed by atoms with Crippen LogP contribution < -0.4 is 10.6 Å². The van der Waals surface area contributed by atoms with E-state index in [4.69, 9.17) is 6.42 Å². The minimum Gasteiger partial charge on any atom is -0.344 e. The predicted octanol–water partition coefficient (Wildman–Crippen LogP) is 2.27. The molecule has 2 N–H and O–H groups in total. The van der Waals surface area contributed by atoms with Gasteiger partial charge in [-0.1, -0.05) is 5.92 Å². The fraction of sp³-hybridized carbons (Fsp3) is 0.250. The van der Waals surface area contributed by atoms with Gasteiger partial charge in [0.25, 0.3) is 17.6 Å². The average molecular weight is 369 g/mol. The van der Waals surface area contributed by atoms with Crippen molar-refractivity contribution in [3.63, 3.8) is 0 Å². The molecule has 0 atom stereocenters. The number of carbonyl (C=O) groups is 3. The summed E-state index contributed by atoms with van der Waals surface area (Å²) in [7, 11) is 1.60. The van der Waals surface area contributed by atoms with Gasteiger partial charge in [-0.2, -0.15) is 0 Å². The molecule has 140 valence electrons. The molecule has 0 radical (unpaired) electrons. The number of hydrogen-bond acceptors (Lipinski definition) is 3. The van der Waals surface area contributed by atoms with Crippen molar-refractivity contribution < 1.29 is 18.8 Å². The Hall–Kier alpha value is -3.40. The highest BCUT2D eigenvalue weighted by molar-refractivity contribution is 6.43. The first-order valence-electron chi connectivity index (χ1n) is 8.18. The maximum absolute atomic E-state index is 13.4. The van der Waals surface area contributed by atoms with Crippen LogP contribution in [0.2, 0.25) is 0 Å². The quantitative estimate of drug-likeness (QED) is 0.482. The van der Waals surface area contributed by atoms with Crippen LogP contribution in [0.25, 0.3) is 0 Å². The molecule has 0 fully saturated rings. The number of rotatable bonds is 5. The second kappa shape index (κ2) is 7.87. The molecule has 2 amide bonds. The number of amides is 2. The fourth-order valence-electron chi connectivity index (χ4n) is 2.87. The van der Waals surface area contributed by atoms with Crippen LogP contribution in [-0.2, 0) is 11.8 Å². The Morgan fingerprint density at radius 1 is 1.22 bits per heavy atom. The largest absolute Gasteiger partial charge is 0.344 e. The van der Waals surface area contributed by atoms with E-state index in [1.165, 1.54) is 22.8 Å². The van der Waals surface area contributed by atoms with Crippen LogP contribution in [0.3, 0.4) is 0 Å². The van der Waals surface area contributed by atoms with Crippen LogP contribution in [0, 0.1) is 38.9 Å². The molecule has 2 rings (SSSR count). The topological polar surface area (TPSA) is 80.2 Å². The van der Waals surface area contributed by atoms with Gasteiger partial charge in [-0.05, 0) is 50.1 Å². The third-order valence-corrected chi connectivity index (χ3v) is 4.35. The van der Waals surface area contributed by atoms with Crippen LogP contribution in [-0.4, -0.2) is 28.7 Å². The summed E-state index contributed by atoms with van der Waals surface area (Å²) in [5.41, 5.74) is 2.13. The molecule has 0 aliphatic rings. The smallest absolute Gasteiger partial charge is 0.294 e. The monoisotopic (exact) mass is 369 g/mol. The molecule has 6 nitrogen and oxygen atoms in total. The van der Waals surface area contributed by atoms with Crippen molar-refractivity contribution in [1.29, 1.82) is 0 Å². The van der Waals surface area contributed by atoms with E-state index in [2.05, 4.69) is 16.6 Å². The zero-order valence-corrected chi connectivity index (χ0v) is 15.6. The number of ketones is 1. The number of terminal acetylenes is 1. The average Bonchev–Trinajstić information content (AvgIpc) is 2.84. The lowest BCUT2D eigenvalue weighted by Gasteiger charge is -2.07. The number of benzene rings is 1. The molecule has 0 saturated heterocycles. The van der Waals surface area contributed by atoms with Crippen molar-refractivity contribution >= 4 is 23.3 Å². The van der Waals surface area contributed by atoms with Crippen molar-refractivity contribution in [2.24, 2.45) is 7.05 Å². The van der Waals surface area contributed by atoms with E-state index in [9.17, 15) is 18.8 Å². The molecular formula is C20H20FN3O3. The molecule has 1 aromatic carbocycles. The fourth-order valence-corrected chi connectivity index (χ4v) is 2.87. The van der Waals surface area contributed by atoms with Gasteiger partial charge in [0, 0.05) is 18.4 Å². The van der Waals surface area contributed by atoms with E-state index in [0.29, 0.717) is 22.5 Å². The Morgan fingerprint density at radius 2 is 1.89 bits per heavy atom. The molecule has 1 aromatic heterocycles. The first kappa shape index (κ1) is 19.9. The van der Waals surface area contributed by atoms with E-state index in [1.807, 2.05) is 0 Å². The lowest BCUT2D eigenvalue weighted by atomic mass is 10.1. The molecule has 0 aliphatic heterocycles. The van der Waals surface area contributed by atoms with Gasteiger partial charge in [0.2, 0.25) is 0 Å². The van der Waals surface area contributed by atoms with Crippen LogP contribution >= 0.6 is 0 Å². The summed E-state index contributed by atoms with van der Waals surface area (Å²) < 4.78 is 14.9. The highest BCUT2D eigenvalue weighted by Gasteiger charge is 2.28. The van der Waals surface area contributed by atoms with Gasteiger partial charge in [0.05, 0.1) is 17.8 Å². The number of aromatic nitrogens is 1.